The van der Waals surface area contributed by atoms with Gasteiger partial charge in [-0.15, -0.1) is 12.4 Å². The zero-order chi connectivity index (χ0) is 14.8. The summed E-state index contributed by atoms with van der Waals surface area (Å²) in [4.78, 5) is 4.33. The van der Waals surface area contributed by atoms with E-state index in [2.05, 4.69) is 4.98 Å². The van der Waals surface area contributed by atoms with Crippen LogP contribution in [-0.4, -0.2) is 21.8 Å². The first-order valence-electron chi connectivity index (χ1n) is 6.69. The molecule has 22 heavy (non-hydrogen) atoms. The normalized spacial score (nSPS) is 16.4. The zero-order valence-corrected chi connectivity index (χ0v) is 14.1. The van der Waals surface area contributed by atoms with Crippen molar-refractivity contribution < 1.29 is 8.78 Å². The molecule has 1 aliphatic rings. The van der Waals surface area contributed by atoms with Crippen molar-refractivity contribution in [2.75, 3.05) is 12.3 Å². The Labute approximate surface area is 141 Å². The van der Waals surface area contributed by atoms with E-state index in [0.717, 1.165) is 16.5 Å². The van der Waals surface area contributed by atoms with Crippen LogP contribution in [0.15, 0.2) is 29.7 Å². The molecule has 0 saturated carbocycles. The summed E-state index contributed by atoms with van der Waals surface area (Å²) in [6.45, 7) is 0.623. The van der Waals surface area contributed by atoms with Crippen LogP contribution in [0.4, 0.5) is 8.78 Å². The number of nitrogens with zero attached hydrogens (tertiary/aromatic N) is 2. The first-order chi connectivity index (χ1) is 10.2. The molecule has 3 nitrogen and oxygen atoms in total. The molecule has 0 spiro atoms. The van der Waals surface area contributed by atoms with E-state index in [-0.39, 0.29) is 18.4 Å². The fourth-order valence-electron chi connectivity index (χ4n) is 2.59. The second-order valence-electron chi connectivity index (χ2n) is 4.87. The molecule has 120 valence electrons. The first kappa shape index (κ1) is 17.6. The molecule has 8 heteroatoms. The highest BCUT2D eigenvalue weighted by molar-refractivity contribution is 8.76. The molecule has 0 fully saturated rings. The number of halogens is 3. The molecule has 2 aromatic rings. The SMILES string of the molecule is Cl.NCCSSc1nccn1C1Cc2ccc(F)c(F)c2C1. The number of imidazole rings is 1. The van der Waals surface area contributed by atoms with Crippen LogP contribution in [0, 0.1) is 11.6 Å². The molecule has 1 unspecified atom stereocenters. The third-order valence-electron chi connectivity index (χ3n) is 3.55. The van der Waals surface area contributed by atoms with Crippen LogP contribution < -0.4 is 5.73 Å². The molecular weight excluding hydrogens is 348 g/mol. The maximum Gasteiger partial charge on any atom is 0.179 e. The van der Waals surface area contributed by atoms with Crippen molar-refractivity contribution in [2.24, 2.45) is 5.73 Å². The Kier molecular flexibility index (Phi) is 6.14. The van der Waals surface area contributed by atoms with Crippen molar-refractivity contribution in [3.8, 4) is 0 Å². The summed E-state index contributed by atoms with van der Waals surface area (Å²) in [5, 5.41) is 0.882. The lowest BCUT2D eigenvalue weighted by Crippen LogP contribution is -2.09. The van der Waals surface area contributed by atoms with Gasteiger partial charge < -0.3 is 10.3 Å². The number of benzene rings is 1. The average molecular weight is 364 g/mol. The van der Waals surface area contributed by atoms with Crippen LogP contribution in [0.5, 0.6) is 0 Å². The minimum Gasteiger partial charge on any atom is -0.330 e. The highest BCUT2D eigenvalue weighted by atomic mass is 35.5. The molecule has 3 rings (SSSR count). The number of aromatic nitrogens is 2. The second kappa shape index (κ2) is 7.68. The molecule has 1 atom stereocenters. The van der Waals surface area contributed by atoms with Crippen LogP contribution in [0.1, 0.15) is 17.2 Å². The van der Waals surface area contributed by atoms with Crippen molar-refractivity contribution in [2.45, 2.75) is 24.0 Å². The van der Waals surface area contributed by atoms with Gasteiger partial charge in [0.15, 0.2) is 16.8 Å². The molecule has 0 amide bonds. The summed E-state index contributed by atoms with van der Waals surface area (Å²) < 4.78 is 29.2. The summed E-state index contributed by atoms with van der Waals surface area (Å²) in [6, 6.07) is 2.98. The van der Waals surface area contributed by atoms with Crippen LogP contribution in [-0.2, 0) is 12.8 Å². The third kappa shape index (κ3) is 3.42. The molecule has 0 aliphatic heterocycles. The molecule has 1 aromatic heterocycles. The van der Waals surface area contributed by atoms with E-state index in [0.29, 0.717) is 24.9 Å². The van der Waals surface area contributed by atoms with Gasteiger partial charge in [0.05, 0.1) is 0 Å². The van der Waals surface area contributed by atoms with E-state index < -0.39 is 11.6 Å². The van der Waals surface area contributed by atoms with E-state index in [1.807, 2.05) is 10.8 Å². The lowest BCUT2D eigenvalue weighted by Gasteiger charge is -2.14. The lowest BCUT2D eigenvalue weighted by atomic mass is 10.1. The average Bonchev–Trinajstić information content (AvgIpc) is 3.09. The fraction of sp³-hybridized carbons (Fsp3) is 0.357. The summed E-state index contributed by atoms with van der Waals surface area (Å²) in [5.41, 5.74) is 6.86. The van der Waals surface area contributed by atoms with E-state index >= 15 is 0 Å². The van der Waals surface area contributed by atoms with E-state index in [1.165, 1.54) is 6.07 Å². The van der Waals surface area contributed by atoms with Gasteiger partial charge in [0.2, 0.25) is 0 Å². The molecule has 2 N–H and O–H groups in total. The van der Waals surface area contributed by atoms with E-state index in [9.17, 15) is 8.78 Å². The summed E-state index contributed by atoms with van der Waals surface area (Å²) in [6.07, 6.45) is 4.85. The summed E-state index contributed by atoms with van der Waals surface area (Å²) in [5.74, 6) is -0.627. The van der Waals surface area contributed by atoms with Crippen LogP contribution in [0.25, 0.3) is 0 Å². The van der Waals surface area contributed by atoms with Crippen molar-refractivity contribution in [3.05, 3.63) is 47.3 Å². The zero-order valence-electron chi connectivity index (χ0n) is 11.7. The number of hydrogen-bond acceptors (Lipinski definition) is 4. The third-order valence-corrected chi connectivity index (χ3v) is 5.84. The van der Waals surface area contributed by atoms with Gasteiger partial charge in [-0.1, -0.05) is 16.9 Å². The quantitative estimate of drug-likeness (QED) is 0.651. The van der Waals surface area contributed by atoms with Crippen LogP contribution in [0.2, 0.25) is 0 Å². The van der Waals surface area contributed by atoms with Crippen molar-refractivity contribution >= 4 is 34.0 Å². The fourth-order valence-corrected chi connectivity index (χ4v) is 4.51. The summed E-state index contributed by atoms with van der Waals surface area (Å²) in [7, 11) is 3.22. The summed E-state index contributed by atoms with van der Waals surface area (Å²) >= 11 is 0. The van der Waals surface area contributed by atoms with E-state index in [1.54, 1.807) is 33.9 Å². The Bertz CT molecular complexity index is 651. The molecule has 1 aliphatic carbocycles. The topological polar surface area (TPSA) is 43.8 Å². The van der Waals surface area contributed by atoms with Crippen LogP contribution in [0.3, 0.4) is 0 Å². The van der Waals surface area contributed by atoms with Gasteiger partial charge in [-0.25, -0.2) is 13.8 Å². The largest absolute Gasteiger partial charge is 0.330 e. The maximum atomic E-state index is 13.8. The smallest absolute Gasteiger partial charge is 0.179 e. The second-order valence-corrected chi connectivity index (χ2v) is 7.26. The number of nitrogens with two attached hydrogens (primary N) is 1. The molecule has 0 saturated heterocycles. The van der Waals surface area contributed by atoms with Gasteiger partial charge in [0, 0.05) is 30.7 Å². The molecular formula is C14H16ClF2N3S2. The Hall–Kier alpha value is -0.760. The Morgan fingerprint density at radius 3 is 2.91 bits per heavy atom. The standard InChI is InChI=1S/C14H15F2N3S2.ClH/c15-12-2-1-9-7-10(8-11(9)13(12)16)19-5-4-18-14(19)21-20-6-3-17;/h1-2,4-5,10H,3,6-8,17H2;1H. The minimum atomic E-state index is -0.770. The first-order valence-corrected chi connectivity index (χ1v) is 9.00. The van der Waals surface area contributed by atoms with E-state index in [4.69, 9.17) is 5.73 Å². The molecule has 1 heterocycles. The molecule has 0 bridgehead atoms. The van der Waals surface area contributed by atoms with Crippen molar-refractivity contribution in [1.82, 2.24) is 9.55 Å². The Balaban J connectivity index is 0.00000176. The number of hydrogen-bond donors (Lipinski definition) is 1. The van der Waals surface area contributed by atoms with Gasteiger partial charge in [-0.05, 0) is 40.8 Å². The van der Waals surface area contributed by atoms with Crippen molar-refractivity contribution in [3.63, 3.8) is 0 Å². The predicted octanol–water partition coefficient (Wildman–Crippen LogP) is 3.62. The van der Waals surface area contributed by atoms with Gasteiger partial charge in [-0.2, -0.15) is 0 Å². The molecule has 0 radical (unpaired) electrons. The van der Waals surface area contributed by atoms with Crippen LogP contribution >= 0.6 is 34.0 Å². The van der Waals surface area contributed by atoms with Gasteiger partial charge in [-0.3, -0.25) is 0 Å². The Morgan fingerprint density at radius 1 is 1.32 bits per heavy atom. The highest BCUT2D eigenvalue weighted by Gasteiger charge is 2.28. The lowest BCUT2D eigenvalue weighted by molar-refractivity contribution is 0.473. The highest BCUT2D eigenvalue weighted by Crippen LogP contribution is 2.37. The number of rotatable bonds is 5. The predicted molar refractivity (Wildman–Crippen MR) is 89.6 cm³/mol. The van der Waals surface area contributed by atoms with Gasteiger partial charge in [0.1, 0.15) is 0 Å². The number of fused-ring (bicyclic) bond motifs is 1. The molecule has 1 aromatic carbocycles. The Morgan fingerprint density at radius 2 is 2.14 bits per heavy atom. The van der Waals surface area contributed by atoms with Gasteiger partial charge >= 0.3 is 0 Å². The minimum absolute atomic E-state index is 0. The van der Waals surface area contributed by atoms with Crippen molar-refractivity contribution in [1.29, 1.82) is 0 Å². The maximum absolute atomic E-state index is 13.8. The van der Waals surface area contributed by atoms with Gasteiger partial charge in [0.25, 0.3) is 0 Å². The monoisotopic (exact) mass is 363 g/mol.